The predicted octanol–water partition coefficient (Wildman–Crippen LogP) is 7.75. The lowest BCUT2D eigenvalue weighted by molar-refractivity contribution is -0.138. The molecule has 0 unspecified atom stereocenters. The average molecular weight is 535 g/mol. The normalized spacial score (nSPS) is 19.1. The van der Waals surface area contributed by atoms with Crippen molar-refractivity contribution in [2.24, 2.45) is 11.8 Å². The van der Waals surface area contributed by atoms with Crippen LogP contribution in [0, 0.1) is 11.8 Å². The number of benzene rings is 2. The summed E-state index contributed by atoms with van der Waals surface area (Å²) >= 11 is 0. The van der Waals surface area contributed by atoms with Crippen LogP contribution in [-0.2, 0) is 22.2 Å². The smallest absolute Gasteiger partial charge is 0.294 e. The van der Waals surface area contributed by atoms with Gasteiger partial charge in [0.05, 0.1) is 20.8 Å². The number of carbonyl (C=O) groups is 1. The van der Waals surface area contributed by atoms with Crippen molar-refractivity contribution in [1.82, 2.24) is 0 Å². The minimum absolute atomic E-state index is 0.108. The van der Waals surface area contributed by atoms with Crippen molar-refractivity contribution in [3.05, 3.63) is 65.2 Å². The number of sulfone groups is 1. The molecule has 1 fully saturated rings. The van der Waals surface area contributed by atoms with Gasteiger partial charge in [0.2, 0.25) is 0 Å². The monoisotopic (exact) mass is 534 g/mol. The minimum atomic E-state index is -4.63. The Hall–Kier alpha value is -2.36. The third kappa shape index (κ3) is 6.49. The second kappa shape index (κ2) is 10.2. The molecule has 3 nitrogen and oxygen atoms in total. The molecule has 0 amide bonds. The van der Waals surface area contributed by atoms with Gasteiger partial charge < -0.3 is 0 Å². The van der Waals surface area contributed by atoms with E-state index in [0.717, 1.165) is 43.5 Å². The van der Waals surface area contributed by atoms with Crippen LogP contribution < -0.4 is 0 Å². The molecular formula is C26H28F6O3S. The van der Waals surface area contributed by atoms with Crippen LogP contribution >= 0.6 is 0 Å². The van der Waals surface area contributed by atoms with Gasteiger partial charge in [0, 0.05) is 12.0 Å². The summed E-state index contributed by atoms with van der Waals surface area (Å²) in [5.41, 5.74) is -1.58. The molecule has 10 heteroatoms. The summed E-state index contributed by atoms with van der Waals surface area (Å²) in [6.45, 7) is 3.05. The van der Waals surface area contributed by atoms with Crippen LogP contribution in [0.3, 0.4) is 0 Å². The molecule has 0 aromatic heterocycles. The highest BCUT2D eigenvalue weighted by Crippen LogP contribution is 2.44. The maximum Gasteiger partial charge on any atom is 0.416 e. The van der Waals surface area contributed by atoms with Crippen LogP contribution in [0.15, 0.2) is 53.4 Å². The Kier molecular flexibility index (Phi) is 7.98. The van der Waals surface area contributed by atoms with Crippen molar-refractivity contribution >= 4 is 15.6 Å². The lowest BCUT2D eigenvalue weighted by atomic mass is 9.69. The van der Waals surface area contributed by atoms with Crippen LogP contribution in [-0.4, -0.2) is 18.9 Å². The quantitative estimate of drug-likeness (QED) is 0.244. The molecule has 2 aromatic rings. The number of carbonyl (C=O) groups excluding carboxylic acids is 1. The predicted molar refractivity (Wildman–Crippen MR) is 123 cm³/mol. The number of hydrogen-bond donors (Lipinski definition) is 0. The second-order valence-corrected chi connectivity index (χ2v) is 12.7. The van der Waals surface area contributed by atoms with Gasteiger partial charge in [0.1, 0.15) is 0 Å². The highest BCUT2D eigenvalue weighted by molar-refractivity contribution is 7.92. The summed E-state index contributed by atoms with van der Waals surface area (Å²) in [6.07, 6.45) is -5.73. The largest absolute Gasteiger partial charge is 0.416 e. The van der Waals surface area contributed by atoms with Crippen LogP contribution in [0.25, 0.3) is 0 Å². The summed E-state index contributed by atoms with van der Waals surface area (Å²) in [4.78, 5) is 11.9. The van der Waals surface area contributed by atoms with E-state index in [1.807, 2.05) is 0 Å². The standard InChI is InChI=1S/C26H28F6O3S/c1-24(2,36(34,35)22-7-4-6-21(15-22)26(30,31)32)16-18-13-17(14-18)5-3-8-23(33)19-9-11-20(12-10-19)25(27,28)29/h4,6-7,9-12,15,17-18H,3,5,8,13-14,16H2,1-2H3. The molecule has 36 heavy (non-hydrogen) atoms. The molecule has 1 saturated carbocycles. The van der Waals surface area contributed by atoms with Gasteiger partial charge in [0.15, 0.2) is 15.6 Å². The molecule has 3 rings (SSSR count). The van der Waals surface area contributed by atoms with Gasteiger partial charge in [-0.2, -0.15) is 26.3 Å². The highest BCUT2D eigenvalue weighted by Gasteiger charge is 2.42. The maximum absolute atomic E-state index is 13.1. The van der Waals surface area contributed by atoms with Crippen molar-refractivity contribution in [3.63, 3.8) is 0 Å². The number of alkyl halides is 6. The number of ketones is 1. The van der Waals surface area contributed by atoms with Gasteiger partial charge in [0.25, 0.3) is 0 Å². The van der Waals surface area contributed by atoms with Crippen molar-refractivity contribution in [1.29, 1.82) is 0 Å². The van der Waals surface area contributed by atoms with Crippen molar-refractivity contribution in [2.75, 3.05) is 0 Å². The lowest BCUT2D eigenvalue weighted by Gasteiger charge is -2.40. The second-order valence-electron chi connectivity index (χ2n) is 10.1. The van der Waals surface area contributed by atoms with Crippen molar-refractivity contribution in [3.8, 4) is 0 Å². The van der Waals surface area contributed by atoms with Crippen LogP contribution in [0.5, 0.6) is 0 Å². The fourth-order valence-electron chi connectivity index (χ4n) is 4.78. The SMILES string of the molecule is CC(C)(CC1CC(CCCC(=O)c2ccc(C(F)(F)F)cc2)C1)S(=O)(=O)c1cccc(C(F)(F)F)c1. The van der Waals surface area contributed by atoms with Crippen molar-refractivity contribution < 1.29 is 39.6 Å². The molecule has 1 aliphatic rings. The first-order chi connectivity index (χ1) is 16.5. The zero-order valence-corrected chi connectivity index (χ0v) is 20.7. The molecule has 1 aliphatic carbocycles. The first kappa shape index (κ1) is 28.2. The zero-order chi connectivity index (χ0) is 26.9. The van der Waals surface area contributed by atoms with E-state index < -0.39 is 38.1 Å². The molecule has 0 atom stereocenters. The molecule has 0 aliphatic heterocycles. The molecule has 0 heterocycles. The van der Waals surface area contributed by atoms with E-state index in [0.29, 0.717) is 24.8 Å². The van der Waals surface area contributed by atoms with Crippen LogP contribution in [0.2, 0.25) is 0 Å². The topological polar surface area (TPSA) is 51.2 Å². The number of halogens is 6. The van der Waals surface area contributed by atoms with Crippen LogP contribution in [0.1, 0.15) is 73.9 Å². The van der Waals surface area contributed by atoms with E-state index in [9.17, 15) is 39.6 Å². The Balaban J connectivity index is 1.48. The summed E-state index contributed by atoms with van der Waals surface area (Å²) in [5.74, 6) is 0.187. The van der Waals surface area contributed by atoms with Crippen LogP contribution in [0.4, 0.5) is 26.3 Å². The number of Topliss-reactive ketones (excluding diaryl/α,β-unsaturated/α-hetero) is 1. The van der Waals surface area contributed by atoms with E-state index in [4.69, 9.17) is 0 Å². The summed E-state index contributed by atoms with van der Waals surface area (Å²) in [6, 6.07) is 7.92. The Morgan fingerprint density at radius 3 is 2.00 bits per heavy atom. The van der Waals surface area contributed by atoms with E-state index in [-0.39, 0.29) is 28.6 Å². The first-order valence-electron chi connectivity index (χ1n) is 11.6. The van der Waals surface area contributed by atoms with Gasteiger partial charge in [-0.3, -0.25) is 4.79 Å². The Morgan fingerprint density at radius 2 is 1.44 bits per heavy atom. The third-order valence-electron chi connectivity index (χ3n) is 6.86. The van der Waals surface area contributed by atoms with Gasteiger partial charge in [-0.1, -0.05) is 18.2 Å². The number of rotatable bonds is 9. The average Bonchev–Trinajstić information content (AvgIpc) is 2.76. The van der Waals surface area contributed by atoms with E-state index in [1.165, 1.54) is 32.0 Å². The molecule has 0 radical (unpaired) electrons. The third-order valence-corrected chi connectivity index (χ3v) is 9.36. The fourth-order valence-corrected chi connectivity index (χ4v) is 6.41. The van der Waals surface area contributed by atoms with Gasteiger partial charge in [-0.05, 0) is 88.1 Å². The van der Waals surface area contributed by atoms with E-state index in [1.54, 1.807) is 0 Å². The first-order valence-corrected chi connectivity index (χ1v) is 13.1. The number of hydrogen-bond acceptors (Lipinski definition) is 3. The fraction of sp³-hybridized carbons (Fsp3) is 0.500. The molecule has 0 bridgehead atoms. The highest BCUT2D eigenvalue weighted by atomic mass is 32.2. The molecule has 0 N–H and O–H groups in total. The molecule has 198 valence electrons. The van der Waals surface area contributed by atoms with Gasteiger partial charge in [-0.25, -0.2) is 8.42 Å². The van der Waals surface area contributed by atoms with Crippen molar-refractivity contribution in [2.45, 2.75) is 74.4 Å². The summed E-state index contributed by atoms with van der Waals surface area (Å²) in [5, 5.41) is 0. The van der Waals surface area contributed by atoms with Gasteiger partial charge >= 0.3 is 12.4 Å². The molecule has 0 spiro atoms. The van der Waals surface area contributed by atoms with E-state index in [2.05, 4.69) is 0 Å². The molecule has 0 saturated heterocycles. The molecular weight excluding hydrogens is 506 g/mol. The summed E-state index contributed by atoms with van der Waals surface area (Å²) < 4.78 is 102. The molecule has 2 aromatic carbocycles. The Labute approximate surface area is 206 Å². The Bertz CT molecular complexity index is 1180. The lowest BCUT2D eigenvalue weighted by Crippen LogP contribution is -2.38. The van der Waals surface area contributed by atoms with E-state index >= 15 is 0 Å². The minimum Gasteiger partial charge on any atom is -0.294 e. The summed E-state index contributed by atoms with van der Waals surface area (Å²) in [7, 11) is -4.00. The zero-order valence-electron chi connectivity index (χ0n) is 19.9. The van der Waals surface area contributed by atoms with Gasteiger partial charge in [-0.15, -0.1) is 0 Å². The maximum atomic E-state index is 13.1. The Morgan fingerprint density at radius 1 is 0.861 bits per heavy atom.